The first-order chi connectivity index (χ1) is 11.7. The summed E-state index contributed by atoms with van der Waals surface area (Å²) >= 11 is 11.8. The minimum atomic E-state index is -0.205. The average molecular weight is 358 g/mol. The van der Waals surface area contributed by atoms with Crippen molar-refractivity contribution in [2.75, 3.05) is 18.5 Å². The maximum absolute atomic E-state index is 6.21. The molecule has 3 aromatic rings. The number of hydrogen-bond acceptors (Lipinski definition) is 2. The van der Waals surface area contributed by atoms with Crippen LogP contribution in [0.25, 0.3) is 10.9 Å². The summed E-state index contributed by atoms with van der Waals surface area (Å²) in [7, 11) is 0. The summed E-state index contributed by atoms with van der Waals surface area (Å²) in [5.74, 6) is 0. The molecule has 2 heterocycles. The molecule has 6 heteroatoms. The fraction of sp³-hybridized carbons (Fsp3) is 0.167. The van der Waals surface area contributed by atoms with E-state index in [4.69, 9.17) is 28.6 Å². The van der Waals surface area contributed by atoms with Crippen molar-refractivity contribution in [3.05, 3.63) is 65.3 Å². The number of halogens is 1. The molecule has 2 aromatic carbocycles. The summed E-state index contributed by atoms with van der Waals surface area (Å²) in [6.07, 6.45) is 1.79. The summed E-state index contributed by atoms with van der Waals surface area (Å²) in [4.78, 5) is 5.34. The van der Waals surface area contributed by atoms with Gasteiger partial charge in [-0.15, -0.1) is 0 Å². The van der Waals surface area contributed by atoms with Crippen LogP contribution in [0.2, 0.25) is 5.02 Å². The van der Waals surface area contributed by atoms with Crippen LogP contribution in [0.1, 0.15) is 11.8 Å². The maximum atomic E-state index is 6.21. The second kappa shape index (κ2) is 6.43. The molecule has 1 aliphatic heterocycles. The number of aromatic nitrogens is 1. The highest BCUT2D eigenvalue weighted by atomic mass is 35.5. The number of aromatic amines is 1. The fourth-order valence-corrected chi connectivity index (χ4v) is 3.46. The van der Waals surface area contributed by atoms with E-state index >= 15 is 0 Å². The van der Waals surface area contributed by atoms with Crippen LogP contribution < -0.4 is 5.32 Å². The Hall–Kier alpha value is -2.08. The smallest absolute Gasteiger partial charge is 0.175 e. The van der Waals surface area contributed by atoms with E-state index in [2.05, 4.69) is 22.4 Å². The molecule has 1 aromatic heterocycles. The topological polar surface area (TPSA) is 40.3 Å². The summed E-state index contributed by atoms with van der Waals surface area (Å²) in [5.41, 5.74) is 2.98. The number of fused-ring (bicyclic) bond motifs is 1. The second-order valence-electron chi connectivity index (χ2n) is 5.62. The molecule has 4 rings (SSSR count). The van der Waals surface area contributed by atoms with Crippen molar-refractivity contribution in [3.8, 4) is 0 Å². The largest absolute Gasteiger partial charge is 0.361 e. The molecule has 1 atom stereocenters. The van der Waals surface area contributed by atoms with Gasteiger partial charge in [-0.05, 0) is 30.4 Å². The van der Waals surface area contributed by atoms with Crippen molar-refractivity contribution < 1.29 is 4.74 Å². The molecule has 1 fully saturated rings. The number of H-pyrrole nitrogens is 1. The van der Waals surface area contributed by atoms with Crippen LogP contribution in [-0.2, 0) is 4.74 Å². The Morgan fingerprint density at radius 1 is 1.21 bits per heavy atom. The van der Waals surface area contributed by atoms with E-state index in [0.29, 0.717) is 16.7 Å². The molecule has 1 aliphatic rings. The van der Waals surface area contributed by atoms with E-state index in [1.165, 1.54) is 0 Å². The van der Waals surface area contributed by atoms with Crippen molar-refractivity contribution in [1.29, 1.82) is 0 Å². The number of hydrogen-bond donors (Lipinski definition) is 2. The van der Waals surface area contributed by atoms with E-state index in [1.54, 1.807) is 0 Å². The van der Waals surface area contributed by atoms with Gasteiger partial charge in [-0.2, -0.15) is 0 Å². The minimum absolute atomic E-state index is 0.205. The third kappa shape index (κ3) is 2.75. The molecule has 1 saturated heterocycles. The number of rotatable bonds is 2. The highest BCUT2D eigenvalue weighted by Crippen LogP contribution is 2.33. The van der Waals surface area contributed by atoms with Crippen molar-refractivity contribution in [3.63, 3.8) is 0 Å². The number of benzene rings is 2. The number of nitrogens with one attached hydrogen (secondary N) is 2. The molecule has 0 radical (unpaired) electrons. The molecule has 2 N–H and O–H groups in total. The van der Waals surface area contributed by atoms with Gasteiger partial charge < -0.3 is 19.9 Å². The van der Waals surface area contributed by atoms with Gasteiger partial charge in [-0.3, -0.25) is 0 Å². The summed E-state index contributed by atoms with van der Waals surface area (Å²) in [5, 5.41) is 5.62. The van der Waals surface area contributed by atoms with Gasteiger partial charge in [0, 0.05) is 29.2 Å². The lowest BCUT2D eigenvalue weighted by Gasteiger charge is -2.26. The summed E-state index contributed by atoms with van der Waals surface area (Å²) in [6, 6.07) is 15.7. The van der Waals surface area contributed by atoms with E-state index in [0.717, 1.165) is 28.7 Å². The first kappa shape index (κ1) is 15.4. The van der Waals surface area contributed by atoms with Crippen LogP contribution in [-0.4, -0.2) is 28.1 Å². The van der Waals surface area contributed by atoms with E-state index in [-0.39, 0.29) is 6.23 Å². The quantitative estimate of drug-likeness (QED) is 0.660. The third-order valence-corrected chi connectivity index (χ3v) is 4.82. The zero-order valence-electron chi connectivity index (χ0n) is 12.8. The summed E-state index contributed by atoms with van der Waals surface area (Å²) in [6.45, 7) is 1.37. The Morgan fingerprint density at radius 3 is 2.88 bits per heavy atom. The predicted octanol–water partition coefficient (Wildman–Crippen LogP) is 4.55. The molecule has 0 aliphatic carbocycles. The standard InChI is InChI=1S/C18H16ClN3OS/c19-14-6-2-4-8-16(14)21-18(24)22-9-10-23-17(22)13-11-20-15-7-3-1-5-12(13)15/h1-8,11,17,20H,9-10H2,(H,21,24)/t17-/m0/s1. The van der Waals surface area contributed by atoms with Crippen LogP contribution in [0.15, 0.2) is 54.7 Å². The van der Waals surface area contributed by atoms with Gasteiger partial charge >= 0.3 is 0 Å². The third-order valence-electron chi connectivity index (χ3n) is 4.15. The molecule has 0 spiro atoms. The molecule has 24 heavy (non-hydrogen) atoms. The lowest BCUT2D eigenvalue weighted by Crippen LogP contribution is -2.34. The highest BCUT2D eigenvalue weighted by Gasteiger charge is 2.30. The lowest BCUT2D eigenvalue weighted by atomic mass is 10.1. The molecule has 122 valence electrons. The highest BCUT2D eigenvalue weighted by molar-refractivity contribution is 7.80. The van der Waals surface area contributed by atoms with Crippen LogP contribution in [0, 0.1) is 0 Å². The molecular weight excluding hydrogens is 342 g/mol. The van der Waals surface area contributed by atoms with Crippen molar-refractivity contribution >= 4 is 45.5 Å². The van der Waals surface area contributed by atoms with Gasteiger partial charge in [0.2, 0.25) is 0 Å². The summed E-state index contributed by atoms with van der Waals surface area (Å²) < 4.78 is 5.95. The van der Waals surface area contributed by atoms with Gasteiger partial charge in [0.25, 0.3) is 0 Å². The molecule has 0 amide bonds. The van der Waals surface area contributed by atoms with E-state index < -0.39 is 0 Å². The molecule has 4 nitrogen and oxygen atoms in total. The number of para-hydroxylation sites is 2. The van der Waals surface area contributed by atoms with Crippen LogP contribution in [0.5, 0.6) is 0 Å². The zero-order chi connectivity index (χ0) is 16.5. The minimum Gasteiger partial charge on any atom is -0.361 e. The van der Waals surface area contributed by atoms with Gasteiger partial charge in [0.15, 0.2) is 11.3 Å². The Balaban J connectivity index is 1.61. The molecular formula is C18H16ClN3OS. The van der Waals surface area contributed by atoms with E-state index in [1.807, 2.05) is 47.5 Å². The molecule has 0 bridgehead atoms. The van der Waals surface area contributed by atoms with Crippen molar-refractivity contribution in [1.82, 2.24) is 9.88 Å². The van der Waals surface area contributed by atoms with Crippen molar-refractivity contribution in [2.24, 2.45) is 0 Å². The van der Waals surface area contributed by atoms with Gasteiger partial charge in [0.1, 0.15) is 0 Å². The fourth-order valence-electron chi connectivity index (χ4n) is 2.98. The van der Waals surface area contributed by atoms with Gasteiger partial charge in [-0.25, -0.2) is 0 Å². The zero-order valence-corrected chi connectivity index (χ0v) is 14.4. The SMILES string of the molecule is S=C(Nc1ccccc1Cl)N1CCO[C@H]1c1c[nH]c2ccccc12. The second-order valence-corrected chi connectivity index (χ2v) is 6.41. The Kier molecular flexibility index (Phi) is 4.14. The number of nitrogens with zero attached hydrogens (tertiary/aromatic N) is 1. The first-order valence-electron chi connectivity index (χ1n) is 7.74. The molecule has 0 saturated carbocycles. The van der Waals surface area contributed by atoms with Crippen LogP contribution >= 0.6 is 23.8 Å². The first-order valence-corrected chi connectivity index (χ1v) is 8.52. The van der Waals surface area contributed by atoms with E-state index in [9.17, 15) is 0 Å². The monoisotopic (exact) mass is 357 g/mol. The molecule has 0 unspecified atom stereocenters. The van der Waals surface area contributed by atoms with Gasteiger partial charge in [-0.1, -0.05) is 41.9 Å². The number of thiocarbonyl (C=S) groups is 1. The lowest BCUT2D eigenvalue weighted by molar-refractivity contribution is 0.0654. The Labute approximate surface area is 150 Å². The van der Waals surface area contributed by atoms with Crippen LogP contribution in [0.3, 0.4) is 0 Å². The van der Waals surface area contributed by atoms with Crippen molar-refractivity contribution in [2.45, 2.75) is 6.23 Å². The van der Waals surface area contributed by atoms with Crippen LogP contribution in [0.4, 0.5) is 5.69 Å². The number of anilines is 1. The Morgan fingerprint density at radius 2 is 2.00 bits per heavy atom. The average Bonchev–Trinajstić information content (AvgIpc) is 3.23. The maximum Gasteiger partial charge on any atom is 0.175 e. The number of ether oxygens (including phenoxy) is 1. The normalized spacial score (nSPS) is 17.4. The predicted molar refractivity (Wildman–Crippen MR) is 101 cm³/mol. The van der Waals surface area contributed by atoms with Gasteiger partial charge in [0.05, 0.1) is 17.3 Å². The Bertz CT molecular complexity index is 895.